The first-order valence-electron chi connectivity index (χ1n) is 1.72. The van der Waals surface area contributed by atoms with Crippen LogP contribution in [0.3, 0.4) is 0 Å². The number of hydrogen-bond donors (Lipinski definition) is 0. The van der Waals surface area contributed by atoms with Gasteiger partial charge in [-0.2, -0.15) is 0 Å². The zero-order chi connectivity index (χ0) is 5.21. The molecule has 0 N–H and O–H groups in total. The zero-order valence-electron chi connectivity index (χ0n) is 4.23. The van der Waals surface area contributed by atoms with Crippen molar-refractivity contribution in [3.8, 4) is 12.1 Å². The van der Waals surface area contributed by atoms with Gasteiger partial charge in [-0.3, -0.25) is 0 Å². The van der Waals surface area contributed by atoms with Crippen molar-refractivity contribution in [2.45, 2.75) is 0 Å². The Kier molecular flexibility index (Phi) is 1.50. The highest BCUT2D eigenvalue weighted by Gasteiger charge is 1.85. The Bertz CT molecular complexity index is 110. The fourth-order valence-electron chi connectivity index (χ4n) is 0. The van der Waals surface area contributed by atoms with Gasteiger partial charge in [0.25, 0.3) is 0 Å². The van der Waals surface area contributed by atoms with Gasteiger partial charge in [0.1, 0.15) is 0 Å². The lowest BCUT2D eigenvalue weighted by molar-refractivity contribution is 2.23. The first-order valence-corrected chi connectivity index (χ1v) is 4.59. The quantitative estimate of drug-likeness (QED) is 0.318. The maximum Gasteiger partial charge on any atom is -0.0348 e. The highest BCUT2D eigenvalue weighted by Crippen LogP contribution is 2.31. The van der Waals surface area contributed by atoms with Crippen molar-refractivity contribution in [2.24, 2.45) is 0 Å². The van der Waals surface area contributed by atoms with Gasteiger partial charge in [-0.25, -0.2) is 0 Å². The second-order valence-corrected chi connectivity index (χ2v) is 5.44. The molecule has 0 aliphatic rings. The minimum atomic E-state index is -1.12. The molecule has 0 amide bonds. The summed E-state index contributed by atoms with van der Waals surface area (Å²) in [7, 11) is 0. The predicted molar refractivity (Wildman–Crippen MR) is 34.7 cm³/mol. The normalized spacial score (nSPS) is 10.2. The number of hydrogen-bond acceptors (Lipinski definition) is 0. The van der Waals surface area contributed by atoms with Crippen molar-refractivity contribution in [3.63, 3.8) is 0 Å². The molecule has 0 spiro atoms. The molecule has 0 aromatic rings. The molecule has 34 valence electrons. The van der Waals surface area contributed by atoms with Gasteiger partial charge in [-0.05, 0) is 20.2 Å². The summed E-state index contributed by atoms with van der Waals surface area (Å²) in [5.41, 5.74) is 2.60. The van der Waals surface area contributed by atoms with Crippen LogP contribution in [0.5, 0.6) is 0 Å². The van der Waals surface area contributed by atoms with Gasteiger partial charge in [0, 0.05) is 0 Å². The summed E-state index contributed by atoms with van der Waals surface area (Å²) in [6, 6.07) is 0. The van der Waals surface area contributed by atoms with E-state index >= 15 is 0 Å². The van der Waals surface area contributed by atoms with Crippen LogP contribution >= 0.6 is 6.89 Å². The topological polar surface area (TPSA) is 0 Å². The van der Waals surface area contributed by atoms with Crippen molar-refractivity contribution < 1.29 is 0 Å². The Morgan fingerprint density at radius 3 is 1.83 bits per heavy atom. The second kappa shape index (κ2) is 1.54. The van der Waals surface area contributed by atoms with Gasteiger partial charge in [-0.15, -0.1) is 6.42 Å². The summed E-state index contributed by atoms with van der Waals surface area (Å²) in [4.78, 5) is 0. The molecule has 0 nitrogen and oxygen atoms in total. The van der Waals surface area contributed by atoms with Gasteiger partial charge < -0.3 is 0 Å². The molecule has 0 aliphatic carbocycles. The van der Waals surface area contributed by atoms with Crippen LogP contribution in [0.2, 0.25) is 0 Å². The number of rotatable bonds is 0. The molecular formula is C5H9P. The third-order valence-corrected chi connectivity index (χ3v) is 1.05. The first kappa shape index (κ1) is 5.86. The second-order valence-electron chi connectivity index (χ2n) is 1.81. The average molecular weight is 100 g/mol. The van der Waals surface area contributed by atoms with Crippen LogP contribution in [0.15, 0.2) is 0 Å². The van der Waals surface area contributed by atoms with Crippen LogP contribution in [0.4, 0.5) is 0 Å². The lowest BCUT2D eigenvalue weighted by atomic mass is 11.4. The van der Waals surface area contributed by atoms with Crippen molar-refractivity contribution in [1.82, 2.24) is 0 Å². The summed E-state index contributed by atoms with van der Waals surface area (Å²) in [5.74, 6) is 0. The summed E-state index contributed by atoms with van der Waals surface area (Å²) < 4.78 is 0. The molecule has 0 aromatic heterocycles. The van der Waals surface area contributed by atoms with Gasteiger partial charge in [0.05, 0.1) is 0 Å². The molecule has 0 heterocycles. The van der Waals surface area contributed by atoms with Crippen molar-refractivity contribution in [3.05, 3.63) is 0 Å². The Morgan fingerprint density at radius 2 is 1.83 bits per heavy atom. The Labute approximate surface area is 39.5 Å². The third-order valence-electron chi connectivity index (χ3n) is 0.349. The fourth-order valence-corrected chi connectivity index (χ4v) is 0. The third kappa shape index (κ3) is 3.86. The zero-order valence-corrected chi connectivity index (χ0v) is 5.13. The molecule has 0 atom stereocenters. The standard InChI is InChI=1S/C5H9P/c1-5-6(2,3)4/h1H,2H2,3-4H3. The summed E-state index contributed by atoms with van der Waals surface area (Å²) in [5, 5.41) is 0. The van der Waals surface area contributed by atoms with Crippen LogP contribution in [0.25, 0.3) is 0 Å². The molecular weight excluding hydrogens is 91.0 g/mol. The highest BCUT2D eigenvalue weighted by atomic mass is 31.2. The van der Waals surface area contributed by atoms with Crippen LogP contribution in [-0.4, -0.2) is 19.6 Å². The van der Waals surface area contributed by atoms with E-state index in [-0.39, 0.29) is 0 Å². The Morgan fingerprint density at radius 1 is 1.67 bits per heavy atom. The minimum Gasteiger partial charge on any atom is -0.116 e. The van der Waals surface area contributed by atoms with E-state index < -0.39 is 6.89 Å². The Balaban J connectivity index is 3.94. The lowest BCUT2D eigenvalue weighted by Crippen LogP contribution is -1.62. The fraction of sp³-hybridized carbons (Fsp3) is 0.400. The summed E-state index contributed by atoms with van der Waals surface area (Å²) in [6.07, 6.45) is 8.81. The monoisotopic (exact) mass is 100 g/mol. The highest BCUT2D eigenvalue weighted by molar-refractivity contribution is 7.76. The molecule has 0 radical (unpaired) electrons. The van der Waals surface area contributed by atoms with E-state index in [0.717, 1.165) is 0 Å². The molecule has 0 fully saturated rings. The van der Waals surface area contributed by atoms with Crippen molar-refractivity contribution in [1.29, 1.82) is 0 Å². The van der Waals surface area contributed by atoms with Crippen LogP contribution in [0, 0.1) is 12.1 Å². The summed E-state index contributed by atoms with van der Waals surface area (Å²) in [6.45, 7) is 2.90. The van der Waals surface area contributed by atoms with E-state index in [4.69, 9.17) is 6.42 Å². The average Bonchev–Trinajstić information content (AvgIpc) is 1.35. The van der Waals surface area contributed by atoms with Crippen LogP contribution < -0.4 is 0 Å². The molecule has 0 rings (SSSR count). The molecule has 0 bridgehead atoms. The SMILES string of the molecule is C#CP(=C)(C)C. The van der Waals surface area contributed by atoms with E-state index in [1.807, 2.05) is 13.3 Å². The lowest BCUT2D eigenvalue weighted by Gasteiger charge is -1.95. The molecule has 0 aliphatic heterocycles. The largest absolute Gasteiger partial charge is 0.116 e. The predicted octanol–water partition coefficient (Wildman–Crippen LogP) is 1.29. The molecule has 0 saturated heterocycles. The smallest absolute Gasteiger partial charge is 0.0348 e. The van der Waals surface area contributed by atoms with Gasteiger partial charge in [-0.1, -0.05) is 12.0 Å². The van der Waals surface area contributed by atoms with Crippen molar-refractivity contribution in [2.75, 3.05) is 13.3 Å². The van der Waals surface area contributed by atoms with Gasteiger partial charge >= 0.3 is 0 Å². The summed E-state index contributed by atoms with van der Waals surface area (Å²) >= 11 is 0. The maximum absolute atomic E-state index is 5.04. The molecule has 6 heavy (non-hydrogen) atoms. The van der Waals surface area contributed by atoms with Crippen LogP contribution in [-0.2, 0) is 0 Å². The van der Waals surface area contributed by atoms with E-state index in [9.17, 15) is 0 Å². The van der Waals surface area contributed by atoms with Gasteiger partial charge in [0.2, 0.25) is 0 Å². The van der Waals surface area contributed by atoms with Crippen molar-refractivity contribution >= 4 is 13.2 Å². The first-order chi connectivity index (χ1) is 2.56. The van der Waals surface area contributed by atoms with Gasteiger partial charge in [0.15, 0.2) is 0 Å². The molecule has 1 heteroatoms. The van der Waals surface area contributed by atoms with E-state index in [1.165, 1.54) is 0 Å². The molecule has 0 saturated carbocycles. The number of terminal acetylenes is 1. The Hall–Kier alpha value is -0.140. The van der Waals surface area contributed by atoms with E-state index in [2.05, 4.69) is 12.0 Å². The van der Waals surface area contributed by atoms with Crippen LogP contribution in [0.1, 0.15) is 0 Å². The molecule has 0 unspecified atom stereocenters. The van der Waals surface area contributed by atoms with E-state index in [1.54, 1.807) is 0 Å². The molecule has 0 aromatic carbocycles. The van der Waals surface area contributed by atoms with E-state index in [0.29, 0.717) is 0 Å². The minimum absolute atomic E-state index is 1.12. The maximum atomic E-state index is 5.04.